The molecule has 1 aromatic heterocycles. The lowest BCUT2D eigenvalue weighted by molar-refractivity contribution is 0.102. The van der Waals surface area contributed by atoms with Crippen LogP contribution in [-0.2, 0) is 10.0 Å². The summed E-state index contributed by atoms with van der Waals surface area (Å²) in [6.07, 6.45) is 8.93. The van der Waals surface area contributed by atoms with E-state index >= 15 is 0 Å². The average Bonchev–Trinajstić information content (AvgIpc) is 3.38. The van der Waals surface area contributed by atoms with Crippen molar-refractivity contribution in [3.8, 4) is 0 Å². The maximum Gasteiger partial charge on any atom is 0.257 e. The first-order chi connectivity index (χ1) is 15.3. The molecule has 1 aromatic carbocycles. The number of fused-ring (bicyclic) bond motifs is 5. The predicted octanol–water partition coefficient (Wildman–Crippen LogP) is 5.42. The zero-order valence-electron chi connectivity index (χ0n) is 18.9. The first-order valence-electron chi connectivity index (χ1n) is 11.8. The van der Waals surface area contributed by atoms with Gasteiger partial charge in [0.1, 0.15) is 0 Å². The number of nitrogens with zero attached hydrogens (tertiary/aromatic N) is 1. The van der Waals surface area contributed by atoms with Gasteiger partial charge in [0, 0.05) is 23.2 Å². The van der Waals surface area contributed by atoms with Crippen LogP contribution in [0.15, 0.2) is 35.2 Å². The van der Waals surface area contributed by atoms with Gasteiger partial charge in [-0.2, -0.15) is 0 Å². The summed E-state index contributed by atoms with van der Waals surface area (Å²) >= 11 is 0. The van der Waals surface area contributed by atoms with Crippen LogP contribution in [0, 0.1) is 0 Å². The number of primary sulfonamides is 1. The van der Waals surface area contributed by atoms with Crippen LogP contribution in [0.25, 0.3) is 0 Å². The van der Waals surface area contributed by atoms with Gasteiger partial charge in [-0.3, -0.25) is 9.78 Å². The lowest BCUT2D eigenvalue weighted by Gasteiger charge is -2.23. The minimum Gasteiger partial charge on any atom is -0.322 e. The van der Waals surface area contributed by atoms with E-state index in [-0.39, 0.29) is 16.7 Å². The Kier molecular flexibility index (Phi) is 6.67. The van der Waals surface area contributed by atoms with E-state index in [1.165, 1.54) is 42.7 Å². The highest BCUT2D eigenvalue weighted by atomic mass is 32.2. The van der Waals surface area contributed by atoms with Gasteiger partial charge in [-0.25, -0.2) is 13.6 Å². The van der Waals surface area contributed by atoms with Gasteiger partial charge in [0.05, 0.1) is 16.2 Å². The van der Waals surface area contributed by atoms with E-state index in [1.54, 1.807) is 12.1 Å². The van der Waals surface area contributed by atoms with Crippen molar-refractivity contribution in [2.45, 2.75) is 87.9 Å². The number of nitrogens with two attached hydrogens (primary N) is 1. The van der Waals surface area contributed by atoms with Gasteiger partial charge < -0.3 is 5.32 Å². The summed E-state index contributed by atoms with van der Waals surface area (Å²) in [6, 6.07) is 8.14. The third-order valence-electron chi connectivity index (χ3n) is 7.07. The number of unbranched alkanes of at least 4 members (excludes halogenated alkanes) is 2. The minimum absolute atomic E-state index is 0.0223. The van der Waals surface area contributed by atoms with Crippen molar-refractivity contribution in [1.29, 1.82) is 0 Å². The number of pyridine rings is 1. The molecule has 0 aliphatic heterocycles. The molecule has 0 spiro atoms. The van der Waals surface area contributed by atoms with E-state index in [9.17, 15) is 13.2 Å². The Morgan fingerprint density at radius 1 is 1.19 bits per heavy atom. The first-order valence-corrected chi connectivity index (χ1v) is 13.3. The molecule has 0 saturated heterocycles. The molecule has 3 unspecified atom stereocenters. The standard InChI is InChI=1S/C25H33N3O3S/c1-3-5-6-8-16(4-2)23-22(15-21-17-11-12-18(13-17)24(21)28-23)25(29)27-19-9-7-10-20(14-19)32(26,30)31/h7,9-10,14-18H,3-6,8,11-13H2,1-2H3,(H,27,29)(H2,26,30,31). The van der Waals surface area contributed by atoms with Crippen molar-refractivity contribution in [2.24, 2.45) is 5.14 Å². The largest absolute Gasteiger partial charge is 0.322 e. The average molecular weight is 456 g/mol. The minimum atomic E-state index is -3.84. The maximum absolute atomic E-state index is 13.4. The van der Waals surface area contributed by atoms with Crippen LogP contribution in [0.5, 0.6) is 0 Å². The summed E-state index contributed by atoms with van der Waals surface area (Å²) in [4.78, 5) is 18.5. The van der Waals surface area contributed by atoms with E-state index < -0.39 is 10.0 Å². The number of aromatic nitrogens is 1. The second kappa shape index (κ2) is 9.32. The highest BCUT2D eigenvalue weighted by Gasteiger charge is 2.39. The Bertz CT molecular complexity index is 1110. The quantitative estimate of drug-likeness (QED) is 0.493. The van der Waals surface area contributed by atoms with Crippen molar-refractivity contribution in [3.63, 3.8) is 0 Å². The Balaban J connectivity index is 1.69. The Morgan fingerprint density at radius 2 is 1.97 bits per heavy atom. The second-order valence-electron chi connectivity index (χ2n) is 9.23. The monoisotopic (exact) mass is 455 g/mol. The van der Waals surface area contributed by atoms with Crippen LogP contribution in [0.1, 0.15) is 110 Å². The fourth-order valence-corrected chi connectivity index (χ4v) is 5.90. The number of anilines is 1. The van der Waals surface area contributed by atoms with Crippen molar-refractivity contribution >= 4 is 21.6 Å². The number of carbonyl (C=O) groups is 1. The molecule has 2 bridgehead atoms. The molecule has 6 nitrogen and oxygen atoms in total. The molecule has 3 atom stereocenters. The zero-order valence-corrected chi connectivity index (χ0v) is 19.7. The van der Waals surface area contributed by atoms with E-state index in [0.29, 0.717) is 23.1 Å². The third kappa shape index (κ3) is 4.59. The number of hydrogen-bond donors (Lipinski definition) is 2. The molecule has 2 aliphatic rings. The molecule has 1 saturated carbocycles. The molecule has 0 radical (unpaired) electrons. The van der Waals surface area contributed by atoms with Gasteiger partial charge in [-0.15, -0.1) is 0 Å². The number of carbonyl (C=O) groups excluding carboxylic acids is 1. The topological polar surface area (TPSA) is 102 Å². The predicted molar refractivity (Wildman–Crippen MR) is 127 cm³/mol. The summed E-state index contributed by atoms with van der Waals surface area (Å²) < 4.78 is 23.4. The Labute approximate surface area is 191 Å². The van der Waals surface area contributed by atoms with Crippen LogP contribution in [0.2, 0.25) is 0 Å². The van der Waals surface area contributed by atoms with E-state index in [4.69, 9.17) is 10.1 Å². The SMILES string of the molecule is CCCCCC(CC)c1nc2c(cc1C(=O)Nc1cccc(S(N)(=O)=O)c1)C1CCC2C1. The molecule has 1 amide bonds. The molecular weight excluding hydrogens is 422 g/mol. The van der Waals surface area contributed by atoms with Crippen molar-refractivity contribution in [1.82, 2.24) is 4.98 Å². The van der Waals surface area contributed by atoms with Gasteiger partial charge in [0.25, 0.3) is 5.91 Å². The molecule has 7 heteroatoms. The van der Waals surface area contributed by atoms with Crippen molar-refractivity contribution in [2.75, 3.05) is 5.32 Å². The first kappa shape index (κ1) is 22.9. The number of sulfonamides is 1. The summed E-state index contributed by atoms with van der Waals surface area (Å²) in [6.45, 7) is 4.36. The van der Waals surface area contributed by atoms with Crippen LogP contribution in [-0.4, -0.2) is 19.3 Å². The third-order valence-corrected chi connectivity index (χ3v) is 7.98. The second-order valence-corrected chi connectivity index (χ2v) is 10.8. The molecule has 1 fully saturated rings. The molecular formula is C25H33N3O3S. The molecule has 172 valence electrons. The molecule has 1 heterocycles. The highest BCUT2D eigenvalue weighted by molar-refractivity contribution is 7.89. The number of amides is 1. The van der Waals surface area contributed by atoms with Crippen LogP contribution >= 0.6 is 0 Å². The van der Waals surface area contributed by atoms with E-state index in [0.717, 1.165) is 37.8 Å². The van der Waals surface area contributed by atoms with Gasteiger partial charge >= 0.3 is 0 Å². The highest BCUT2D eigenvalue weighted by Crippen LogP contribution is 2.53. The summed E-state index contributed by atoms with van der Waals surface area (Å²) in [7, 11) is -3.84. The van der Waals surface area contributed by atoms with Crippen molar-refractivity contribution < 1.29 is 13.2 Å². The number of rotatable bonds is 9. The number of hydrogen-bond acceptors (Lipinski definition) is 4. The van der Waals surface area contributed by atoms with Gasteiger partial charge in [0.2, 0.25) is 10.0 Å². The molecule has 2 aromatic rings. The normalized spacial score (nSPS) is 20.2. The zero-order chi connectivity index (χ0) is 22.9. The Hall–Kier alpha value is -2.25. The molecule has 2 aliphatic carbocycles. The summed E-state index contributed by atoms with van der Waals surface area (Å²) in [5.41, 5.74) is 4.37. The lowest BCUT2D eigenvalue weighted by atomic mass is 9.87. The number of benzene rings is 1. The van der Waals surface area contributed by atoms with E-state index in [1.807, 2.05) is 0 Å². The fraction of sp³-hybridized carbons (Fsp3) is 0.520. The molecule has 4 rings (SSSR count). The van der Waals surface area contributed by atoms with Crippen LogP contribution < -0.4 is 10.5 Å². The lowest BCUT2D eigenvalue weighted by Crippen LogP contribution is -2.20. The smallest absolute Gasteiger partial charge is 0.257 e. The van der Waals surface area contributed by atoms with E-state index in [2.05, 4.69) is 25.2 Å². The summed E-state index contributed by atoms with van der Waals surface area (Å²) in [5, 5.41) is 8.15. The van der Waals surface area contributed by atoms with Crippen LogP contribution in [0.4, 0.5) is 5.69 Å². The maximum atomic E-state index is 13.4. The van der Waals surface area contributed by atoms with Gasteiger partial charge in [-0.05, 0) is 67.9 Å². The number of nitrogens with one attached hydrogen (secondary N) is 1. The summed E-state index contributed by atoms with van der Waals surface area (Å²) in [5.74, 6) is 1.04. The molecule has 3 N–H and O–H groups in total. The molecule has 32 heavy (non-hydrogen) atoms. The van der Waals surface area contributed by atoms with Gasteiger partial charge in [0.15, 0.2) is 0 Å². The van der Waals surface area contributed by atoms with Crippen molar-refractivity contribution in [3.05, 3.63) is 52.8 Å². The fourth-order valence-electron chi connectivity index (χ4n) is 5.34. The van der Waals surface area contributed by atoms with Gasteiger partial charge in [-0.1, -0.05) is 39.2 Å². The van der Waals surface area contributed by atoms with Crippen LogP contribution in [0.3, 0.4) is 0 Å². The Morgan fingerprint density at radius 3 is 2.69 bits per heavy atom.